The largest absolute Gasteiger partial charge is 0.342 e. The Balaban J connectivity index is 1.54. The zero-order chi connectivity index (χ0) is 23.6. The van der Waals surface area contributed by atoms with Gasteiger partial charge < -0.3 is 4.57 Å². The monoisotopic (exact) mass is 487 g/mol. The molecule has 0 spiro atoms. The molecule has 0 saturated heterocycles. The molecule has 168 valence electrons. The number of rotatable bonds is 3. The molecule has 0 fully saturated rings. The van der Waals surface area contributed by atoms with Gasteiger partial charge in [0.2, 0.25) is 0 Å². The van der Waals surface area contributed by atoms with E-state index in [-0.39, 0.29) is 11.4 Å². The van der Waals surface area contributed by atoms with E-state index in [2.05, 4.69) is 4.98 Å². The SMILES string of the molecule is Cc1cc2nc3sc(=Cc4cn(Cc5c(F)cccc5Cl)c5ccccc45)c(=O)n3c2cc1C. The zero-order valence-corrected chi connectivity index (χ0v) is 20.0. The van der Waals surface area contributed by atoms with Crippen LogP contribution in [0.2, 0.25) is 5.02 Å². The van der Waals surface area contributed by atoms with Gasteiger partial charge in [0, 0.05) is 33.2 Å². The number of aryl methyl sites for hydroxylation is 2. The predicted molar refractivity (Wildman–Crippen MR) is 138 cm³/mol. The number of benzene rings is 3. The number of halogens is 2. The van der Waals surface area contributed by atoms with Gasteiger partial charge in [-0.2, -0.15) is 0 Å². The van der Waals surface area contributed by atoms with E-state index in [0.717, 1.165) is 38.6 Å². The summed E-state index contributed by atoms with van der Waals surface area (Å²) in [5, 5.41) is 1.37. The summed E-state index contributed by atoms with van der Waals surface area (Å²) in [6, 6.07) is 16.6. The fourth-order valence-electron chi connectivity index (χ4n) is 4.43. The first kappa shape index (κ1) is 21.1. The number of hydrogen-bond acceptors (Lipinski definition) is 3. The number of para-hydroxylation sites is 1. The lowest BCUT2D eigenvalue weighted by Gasteiger charge is -2.08. The molecule has 0 aliphatic carbocycles. The molecule has 3 aromatic carbocycles. The second kappa shape index (κ2) is 7.79. The van der Waals surface area contributed by atoms with Crippen molar-refractivity contribution in [2.45, 2.75) is 20.4 Å². The van der Waals surface area contributed by atoms with E-state index in [1.807, 2.05) is 67.1 Å². The maximum atomic E-state index is 14.5. The zero-order valence-electron chi connectivity index (χ0n) is 18.5. The molecule has 0 N–H and O–H groups in total. The first-order valence-electron chi connectivity index (χ1n) is 10.9. The predicted octanol–water partition coefficient (Wildman–Crippen LogP) is 5.87. The average molecular weight is 488 g/mol. The third kappa shape index (κ3) is 3.25. The molecule has 0 amide bonds. The van der Waals surface area contributed by atoms with E-state index < -0.39 is 0 Å². The maximum absolute atomic E-state index is 14.5. The Morgan fingerprint density at radius 2 is 1.85 bits per heavy atom. The van der Waals surface area contributed by atoms with E-state index in [4.69, 9.17) is 11.6 Å². The van der Waals surface area contributed by atoms with Crippen molar-refractivity contribution in [3.63, 3.8) is 0 Å². The summed E-state index contributed by atoms with van der Waals surface area (Å²) in [5.41, 5.74) is 6.12. The highest BCUT2D eigenvalue weighted by molar-refractivity contribution is 7.15. The van der Waals surface area contributed by atoms with Crippen LogP contribution in [0, 0.1) is 19.7 Å². The minimum absolute atomic E-state index is 0.0836. The fourth-order valence-corrected chi connectivity index (χ4v) is 5.64. The minimum atomic E-state index is -0.338. The number of thiazole rings is 1. The molecule has 3 heterocycles. The van der Waals surface area contributed by atoms with Gasteiger partial charge in [-0.05, 0) is 61.4 Å². The molecular formula is C27H19ClFN3OS. The summed E-state index contributed by atoms with van der Waals surface area (Å²) in [6.45, 7) is 4.37. The van der Waals surface area contributed by atoms with Crippen molar-refractivity contribution in [3.05, 3.63) is 109 Å². The van der Waals surface area contributed by atoms with Crippen molar-refractivity contribution in [1.29, 1.82) is 0 Å². The summed E-state index contributed by atoms with van der Waals surface area (Å²) in [6.07, 6.45) is 3.84. The number of nitrogens with zero attached hydrogens (tertiary/aromatic N) is 3. The van der Waals surface area contributed by atoms with Crippen LogP contribution >= 0.6 is 22.9 Å². The fraction of sp³-hybridized carbons (Fsp3) is 0.111. The van der Waals surface area contributed by atoms with Crippen LogP contribution < -0.4 is 10.1 Å². The van der Waals surface area contributed by atoms with Crippen LogP contribution in [0.1, 0.15) is 22.3 Å². The van der Waals surface area contributed by atoms with E-state index in [1.54, 1.807) is 16.5 Å². The molecule has 6 aromatic rings. The normalized spacial score (nSPS) is 12.5. The van der Waals surface area contributed by atoms with E-state index >= 15 is 0 Å². The smallest absolute Gasteiger partial charge is 0.274 e. The second-order valence-electron chi connectivity index (χ2n) is 8.50. The number of hydrogen-bond donors (Lipinski definition) is 0. The lowest BCUT2D eigenvalue weighted by atomic mass is 10.1. The van der Waals surface area contributed by atoms with Crippen molar-refractivity contribution in [2.24, 2.45) is 0 Å². The first-order valence-corrected chi connectivity index (χ1v) is 12.0. The van der Waals surface area contributed by atoms with E-state index in [9.17, 15) is 9.18 Å². The van der Waals surface area contributed by atoms with Gasteiger partial charge in [0.15, 0.2) is 4.96 Å². The summed E-state index contributed by atoms with van der Waals surface area (Å²) in [7, 11) is 0. The Hall–Kier alpha value is -3.48. The molecule has 0 aliphatic heterocycles. The van der Waals surface area contributed by atoms with Crippen LogP contribution in [0.5, 0.6) is 0 Å². The van der Waals surface area contributed by atoms with Crippen molar-refractivity contribution >= 4 is 55.9 Å². The van der Waals surface area contributed by atoms with Crippen LogP contribution in [0.4, 0.5) is 4.39 Å². The number of fused-ring (bicyclic) bond motifs is 4. The Morgan fingerprint density at radius 1 is 1.06 bits per heavy atom. The molecule has 0 atom stereocenters. The molecular weight excluding hydrogens is 469 g/mol. The molecule has 0 radical (unpaired) electrons. The van der Waals surface area contributed by atoms with Gasteiger partial charge in [0.1, 0.15) is 5.82 Å². The van der Waals surface area contributed by atoms with Crippen molar-refractivity contribution in [1.82, 2.24) is 14.0 Å². The molecule has 0 bridgehead atoms. The van der Waals surface area contributed by atoms with Crippen LogP contribution in [-0.4, -0.2) is 14.0 Å². The minimum Gasteiger partial charge on any atom is -0.342 e. The third-order valence-electron chi connectivity index (χ3n) is 6.35. The molecule has 0 saturated carbocycles. The van der Waals surface area contributed by atoms with E-state index in [1.165, 1.54) is 17.4 Å². The maximum Gasteiger partial charge on any atom is 0.274 e. The lowest BCUT2D eigenvalue weighted by molar-refractivity contribution is 0.602. The van der Waals surface area contributed by atoms with Crippen LogP contribution in [0.3, 0.4) is 0 Å². The molecule has 6 rings (SSSR count). The van der Waals surface area contributed by atoms with Crippen LogP contribution in [-0.2, 0) is 6.54 Å². The highest BCUT2D eigenvalue weighted by Crippen LogP contribution is 2.27. The Morgan fingerprint density at radius 3 is 2.68 bits per heavy atom. The van der Waals surface area contributed by atoms with Gasteiger partial charge in [-0.15, -0.1) is 0 Å². The highest BCUT2D eigenvalue weighted by Gasteiger charge is 2.15. The quantitative estimate of drug-likeness (QED) is 0.313. The van der Waals surface area contributed by atoms with Gasteiger partial charge in [-0.3, -0.25) is 4.79 Å². The topological polar surface area (TPSA) is 39.3 Å². The van der Waals surface area contributed by atoms with Gasteiger partial charge in [0.05, 0.1) is 22.1 Å². The summed E-state index contributed by atoms with van der Waals surface area (Å²) >= 11 is 7.65. The standard InChI is InChI=1S/C27H19ClFN3OS/c1-15-10-22-24(11-16(15)2)32-26(33)25(34-27(32)30-22)12-17-13-31(23-9-4-3-6-18(17)23)14-19-20(28)7-5-8-21(19)29/h3-13H,14H2,1-2H3. The Bertz CT molecular complexity index is 1840. The van der Waals surface area contributed by atoms with Crippen molar-refractivity contribution < 1.29 is 4.39 Å². The lowest BCUT2D eigenvalue weighted by Crippen LogP contribution is -2.22. The summed E-state index contributed by atoms with van der Waals surface area (Å²) in [5.74, 6) is -0.338. The van der Waals surface area contributed by atoms with Gasteiger partial charge in [-0.1, -0.05) is 47.2 Å². The van der Waals surface area contributed by atoms with Gasteiger partial charge in [-0.25, -0.2) is 13.8 Å². The second-order valence-corrected chi connectivity index (χ2v) is 9.92. The molecule has 7 heteroatoms. The van der Waals surface area contributed by atoms with Gasteiger partial charge in [0.25, 0.3) is 5.56 Å². The third-order valence-corrected chi connectivity index (χ3v) is 7.67. The molecule has 3 aromatic heterocycles. The first-order chi connectivity index (χ1) is 16.4. The molecule has 0 unspecified atom stereocenters. The van der Waals surface area contributed by atoms with Crippen LogP contribution in [0.15, 0.2) is 65.6 Å². The van der Waals surface area contributed by atoms with Crippen molar-refractivity contribution in [2.75, 3.05) is 0 Å². The van der Waals surface area contributed by atoms with Gasteiger partial charge >= 0.3 is 0 Å². The summed E-state index contributed by atoms with van der Waals surface area (Å²) in [4.78, 5) is 18.7. The van der Waals surface area contributed by atoms with Crippen LogP contribution in [0.25, 0.3) is 33.0 Å². The van der Waals surface area contributed by atoms with E-state index in [0.29, 0.717) is 26.6 Å². The average Bonchev–Trinajstić information content (AvgIpc) is 3.43. The highest BCUT2D eigenvalue weighted by atomic mass is 35.5. The van der Waals surface area contributed by atoms with Crippen molar-refractivity contribution in [3.8, 4) is 0 Å². The molecule has 0 aliphatic rings. The Labute approximate surface area is 203 Å². The molecule has 4 nitrogen and oxygen atoms in total. The summed E-state index contributed by atoms with van der Waals surface area (Å²) < 4.78 is 18.7. The number of imidazole rings is 1. The number of aromatic nitrogens is 3. The Kier molecular flexibility index (Phi) is 4.83. The molecule has 34 heavy (non-hydrogen) atoms.